The lowest BCUT2D eigenvalue weighted by molar-refractivity contribution is -0.120. The lowest BCUT2D eigenvalue weighted by Gasteiger charge is -2.24. The van der Waals surface area contributed by atoms with Gasteiger partial charge in [-0.2, -0.15) is 0 Å². The molecule has 0 spiro atoms. The van der Waals surface area contributed by atoms with E-state index in [4.69, 9.17) is 4.74 Å². The summed E-state index contributed by atoms with van der Waals surface area (Å²) in [5, 5.41) is 3.10. The first-order chi connectivity index (χ1) is 12.7. The van der Waals surface area contributed by atoms with Crippen molar-refractivity contribution >= 4 is 11.6 Å². The van der Waals surface area contributed by atoms with Crippen molar-refractivity contribution in [2.45, 2.75) is 44.2 Å². The predicted molar refractivity (Wildman–Crippen MR) is 103 cm³/mol. The van der Waals surface area contributed by atoms with Crippen LogP contribution in [0.25, 0.3) is 0 Å². The quantitative estimate of drug-likeness (QED) is 0.850. The van der Waals surface area contributed by atoms with Crippen molar-refractivity contribution < 1.29 is 9.53 Å². The number of benzene rings is 2. The van der Waals surface area contributed by atoms with E-state index in [1.165, 1.54) is 24.0 Å². The van der Waals surface area contributed by atoms with Crippen LogP contribution < -0.4 is 10.1 Å². The van der Waals surface area contributed by atoms with Gasteiger partial charge in [0.2, 0.25) is 5.91 Å². The first kappa shape index (κ1) is 17.1. The summed E-state index contributed by atoms with van der Waals surface area (Å²) in [6, 6.07) is 16.4. The molecule has 2 aromatic rings. The summed E-state index contributed by atoms with van der Waals surface area (Å²) in [6.45, 7) is 1.76. The lowest BCUT2D eigenvalue weighted by Crippen LogP contribution is -2.39. The van der Waals surface area contributed by atoms with E-state index in [-0.39, 0.29) is 11.9 Å². The molecule has 2 aliphatic rings. The molecule has 1 saturated heterocycles. The van der Waals surface area contributed by atoms with Gasteiger partial charge < -0.3 is 10.1 Å². The number of methoxy groups -OCH3 is 1. The fourth-order valence-corrected chi connectivity index (χ4v) is 3.76. The molecule has 136 valence electrons. The molecular formula is C22H26N2O2. The second kappa shape index (κ2) is 7.50. The molecule has 1 aliphatic heterocycles. The fraction of sp³-hybridized carbons (Fsp3) is 0.409. The standard InChI is InChI=1S/C22H26N2O2/c1-26-20-12-4-16(5-13-20)15-24-14-2-3-21(24)22(25)23-19-10-8-18(9-11-19)17-6-7-17/h4-5,8-13,17,21H,2-3,6-7,14-15H2,1H3,(H,23,25)/t21-/m1/s1. The first-order valence-corrected chi connectivity index (χ1v) is 9.51. The molecule has 1 heterocycles. The Morgan fingerprint density at radius 2 is 1.81 bits per heavy atom. The van der Waals surface area contributed by atoms with E-state index in [2.05, 4.69) is 34.5 Å². The third-order valence-electron chi connectivity index (χ3n) is 5.44. The SMILES string of the molecule is COc1ccc(CN2CCC[C@@H]2C(=O)Nc2ccc(C3CC3)cc2)cc1. The molecule has 4 nitrogen and oxygen atoms in total. The van der Waals surface area contributed by atoms with Gasteiger partial charge >= 0.3 is 0 Å². The minimum atomic E-state index is -0.0554. The zero-order valence-electron chi connectivity index (χ0n) is 15.3. The number of rotatable bonds is 6. The van der Waals surface area contributed by atoms with Crippen LogP contribution in [0, 0.1) is 0 Å². The topological polar surface area (TPSA) is 41.6 Å². The predicted octanol–water partition coefficient (Wildman–Crippen LogP) is 4.18. The van der Waals surface area contributed by atoms with E-state index in [1.807, 2.05) is 24.3 Å². The Hall–Kier alpha value is -2.33. The van der Waals surface area contributed by atoms with Crippen molar-refractivity contribution in [3.8, 4) is 5.75 Å². The highest BCUT2D eigenvalue weighted by Gasteiger charge is 2.30. The smallest absolute Gasteiger partial charge is 0.241 e. The van der Waals surface area contributed by atoms with Crippen molar-refractivity contribution in [3.05, 3.63) is 59.7 Å². The molecule has 1 aliphatic carbocycles. The molecular weight excluding hydrogens is 324 g/mol. The number of carbonyl (C=O) groups excluding carboxylic acids is 1. The lowest BCUT2D eigenvalue weighted by atomic mass is 10.1. The number of nitrogens with one attached hydrogen (secondary N) is 1. The molecule has 4 heteroatoms. The highest BCUT2D eigenvalue weighted by molar-refractivity contribution is 5.95. The molecule has 1 amide bonds. The monoisotopic (exact) mass is 350 g/mol. The van der Waals surface area contributed by atoms with E-state index < -0.39 is 0 Å². The van der Waals surface area contributed by atoms with Gasteiger partial charge in [-0.3, -0.25) is 9.69 Å². The van der Waals surface area contributed by atoms with Gasteiger partial charge in [0.25, 0.3) is 0 Å². The van der Waals surface area contributed by atoms with Gasteiger partial charge in [0.15, 0.2) is 0 Å². The highest BCUT2D eigenvalue weighted by atomic mass is 16.5. The van der Waals surface area contributed by atoms with Crippen LogP contribution in [0.15, 0.2) is 48.5 Å². The maximum absolute atomic E-state index is 12.8. The van der Waals surface area contributed by atoms with Crippen LogP contribution in [0.5, 0.6) is 5.75 Å². The third kappa shape index (κ3) is 3.91. The largest absolute Gasteiger partial charge is 0.497 e. The number of amides is 1. The number of carbonyl (C=O) groups is 1. The van der Waals surface area contributed by atoms with Crippen LogP contribution in [0.1, 0.15) is 42.7 Å². The number of anilines is 1. The van der Waals surface area contributed by atoms with Crippen molar-refractivity contribution in [1.29, 1.82) is 0 Å². The molecule has 2 aromatic carbocycles. The molecule has 0 bridgehead atoms. The molecule has 26 heavy (non-hydrogen) atoms. The number of hydrogen-bond acceptors (Lipinski definition) is 3. The molecule has 0 radical (unpaired) electrons. The van der Waals surface area contributed by atoms with Crippen LogP contribution in [0.2, 0.25) is 0 Å². The maximum Gasteiger partial charge on any atom is 0.241 e. The number of hydrogen-bond donors (Lipinski definition) is 1. The Balaban J connectivity index is 1.37. The van der Waals surface area contributed by atoms with Gasteiger partial charge in [-0.1, -0.05) is 24.3 Å². The van der Waals surface area contributed by atoms with E-state index >= 15 is 0 Å². The highest BCUT2D eigenvalue weighted by Crippen LogP contribution is 2.40. The second-order valence-corrected chi connectivity index (χ2v) is 7.36. The molecule has 0 aromatic heterocycles. The van der Waals surface area contributed by atoms with Gasteiger partial charge in [0.05, 0.1) is 13.2 Å². The van der Waals surface area contributed by atoms with Crippen molar-refractivity contribution in [3.63, 3.8) is 0 Å². The minimum Gasteiger partial charge on any atom is -0.497 e. The molecule has 1 N–H and O–H groups in total. The van der Waals surface area contributed by atoms with Crippen LogP contribution >= 0.6 is 0 Å². The van der Waals surface area contributed by atoms with Gasteiger partial charge in [-0.25, -0.2) is 0 Å². The average molecular weight is 350 g/mol. The van der Waals surface area contributed by atoms with Gasteiger partial charge in [0.1, 0.15) is 5.75 Å². The number of nitrogens with zero attached hydrogens (tertiary/aromatic N) is 1. The Morgan fingerprint density at radius 1 is 1.08 bits per heavy atom. The third-order valence-corrected chi connectivity index (χ3v) is 5.44. The average Bonchev–Trinajstić information content (AvgIpc) is 3.42. The zero-order valence-corrected chi connectivity index (χ0v) is 15.3. The molecule has 2 fully saturated rings. The first-order valence-electron chi connectivity index (χ1n) is 9.51. The van der Waals surface area contributed by atoms with Crippen molar-refractivity contribution in [2.24, 2.45) is 0 Å². The van der Waals surface area contributed by atoms with Gasteiger partial charge in [0, 0.05) is 12.2 Å². The normalized spacial score (nSPS) is 20.1. The zero-order chi connectivity index (χ0) is 17.9. The van der Waals surface area contributed by atoms with E-state index in [0.29, 0.717) is 0 Å². The van der Waals surface area contributed by atoms with Crippen molar-refractivity contribution in [2.75, 3.05) is 19.0 Å². The molecule has 0 unspecified atom stereocenters. The molecule has 1 atom stereocenters. The van der Waals surface area contributed by atoms with Crippen LogP contribution in [-0.2, 0) is 11.3 Å². The molecule has 4 rings (SSSR count). The summed E-state index contributed by atoms with van der Waals surface area (Å²) in [6.07, 6.45) is 4.58. The van der Waals surface area contributed by atoms with Gasteiger partial charge in [-0.15, -0.1) is 0 Å². The van der Waals surface area contributed by atoms with Crippen LogP contribution in [-0.4, -0.2) is 30.5 Å². The van der Waals surface area contributed by atoms with Crippen molar-refractivity contribution in [1.82, 2.24) is 4.90 Å². The Kier molecular flexibility index (Phi) is 4.93. The maximum atomic E-state index is 12.8. The summed E-state index contributed by atoms with van der Waals surface area (Å²) in [5.74, 6) is 1.71. The van der Waals surface area contributed by atoms with E-state index in [9.17, 15) is 4.79 Å². The van der Waals surface area contributed by atoms with Gasteiger partial charge in [-0.05, 0) is 73.5 Å². The van der Waals surface area contributed by atoms with E-state index in [0.717, 1.165) is 43.3 Å². The summed E-state index contributed by atoms with van der Waals surface area (Å²) < 4.78 is 5.21. The Labute approximate surface area is 155 Å². The summed E-state index contributed by atoms with van der Waals surface area (Å²) >= 11 is 0. The Bertz CT molecular complexity index is 751. The van der Waals surface area contributed by atoms with E-state index in [1.54, 1.807) is 7.11 Å². The summed E-state index contributed by atoms with van der Waals surface area (Å²) in [5.41, 5.74) is 3.50. The van der Waals surface area contributed by atoms with Crippen LogP contribution in [0.3, 0.4) is 0 Å². The summed E-state index contributed by atoms with van der Waals surface area (Å²) in [4.78, 5) is 15.0. The Morgan fingerprint density at radius 3 is 2.46 bits per heavy atom. The number of likely N-dealkylation sites (tertiary alicyclic amines) is 1. The van der Waals surface area contributed by atoms with Crippen LogP contribution in [0.4, 0.5) is 5.69 Å². The number of ether oxygens (including phenoxy) is 1. The second-order valence-electron chi connectivity index (χ2n) is 7.36. The summed E-state index contributed by atoms with van der Waals surface area (Å²) in [7, 11) is 1.67. The fourth-order valence-electron chi connectivity index (χ4n) is 3.76. The molecule has 1 saturated carbocycles. The minimum absolute atomic E-state index is 0.0554.